The molecule has 2 heterocycles. The van der Waals surface area contributed by atoms with Gasteiger partial charge in [0.05, 0.1) is 11.6 Å². The lowest BCUT2D eigenvalue weighted by Crippen LogP contribution is -2.39. The summed E-state index contributed by atoms with van der Waals surface area (Å²) in [5, 5.41) is 17.9. The largest absolute Gasteiger partial charge is 0.507 e. The Bertz CT molecular complexity index is 1340. The van der Waals surface area contributed by atoms with Crippen molar-refractivity contribution in [1.29, 1.82) is 0 Å². The number of aromatic nitrogens is 2. The Morgan fingerprint density at radius 2 is 1.65 bits per heavy atom. The van der Waals surface area contributed by atoms with Gasteiger partial charge < -0.3 is 14.9 Å². The van der Waals surface area contributed by atoms with Crippen molar-refractivity contribution < 1.29 is 24.0 Å². The third kappa shape index (κ3) is 4.89. The van der Waals surface area contributed by atoms with Gasteiger partial charge in [-0.25, -0.2) is 0 Å². The van der Waals surface area contributed by atoms with Gasteiger partial charge in [-0.3, -0.25) is 19.3 Å². The second kappa shape index (κ2) is 10.8. The van der Waals surface area contributed by atoms with Crippen LogP contribution in [0.4, 0.5) is 5.69 Å². The summed E-state index contributed by atoms with van der Waals surface area (Å²) in [6.45, 7) is 8.02. The first-order valence-corrected chi connectivity index (χ1v) is 12.4. The van der Waals surface area contributed by atoms with Gasteiger partial charge in [0.2, 0.25) is 11.7 Å². The number of aliphatic hydroxyl groups excluding tert-OH is 1. The number of aryl methyl sites for hydroxylation is 1. The molecule has 3 aromatic rings. The molecule has 1 aliphatic rings. The van der Waals surface area contributed by atoms with Crippen LogP contribution in [0.25, 0.3) is 17.1 Å². The average Bonchev–Trinajstić information content (AvgIpc) is 3.46. The van der Waals surface area contributed by atoms with E-state index in [2.05, 4.69) is 15.5 Å². The highest BCUT2D eigenvalue weighted by Gasteiger charge is 2.48. The van der Waals surface area contributed by atoms with Crippen LogP contribution in [0, 0.1) is 12.8 Å². The fourth-order valence-corrected chi connectivity index (χ4v) is 4.71. The third-order valence-electron chi connectivity index (χ3n) is 6.67. The first-order chi connectivity index (χ1) is 17.8. The van der Waals surface area contributed by atoms with Crippen molar-refractivity contribution in [3.8, 4) is 11.4 Å². The molecular weight excluding hydrogens is 472 g/mol. The minimum Gasteiger partial charge on any atom is -0.507 e. The molecule has 1 aromatic heterocycles. The predicted octanol–water partition coefficient (Wildman–Crippen LogP) is 4.48. The highest BCUT2D eigenvalue weighted by molar-refractivity contribution is 6.51. The number of nitrogens with one attached hydrogen (secondary N) is 1. The molecule has 9 nitrogen and oxygen atoms in total. The number of nitrogens with zero attached hydrogens (tertiary/aromatic N) is 3. The van der Waals surface area contributed by atoms with Crippen molar-refractivity contribution in [2.45, 2.75) is 46.6 Å². The number of amides is 2. The summed E-state index contributed by atoms with van der Waals surface area (Å²) in [6, 6.07) is 12.7. The van der Waals surface area contributed by atoms with Gasteiger partial charge in [-0.1, -0.05) is 44.0 Å². The van der Waals surface area contributed by atoms with Crippen LogP contribution in [0.15, 0.2) is 58.6 Å². The summed E-state index contributed by atoms with van der Waals surface area (Å²) >= 11 is 0. The number of anilines is 1. The molecule has 37 heavy (non-hydrogen) atoms. The van der Waals surface area contributed by atoms with Gasteiger partial charge >= 0.3 is 0 Å². The van der Waals surface area contributed by atoms with Crippen LogP contribution in [0.3, 0.4) is 0 Å². The molecule has 1 atom stereocenters. The smallest absolute Gasteiger partial charge is 0.299 e. The summed E-state index contributed by atoms with van der Waals surface area (Å²) < 4.78 is 5.05. The molecule has 1 saturated heterocycles. The first-order valence-electron chi connectivity index (χ1n) is 12.4. The van der Waals surface area contributed by atoms with Crippen LogP contribution in [0.1, 0.15) is 55.4 Å². The van der Waals surface area contributed by atoms with Crippen LogP contribution < -0.4 is 10.2 Å². The van der Waals surface area contributed by atoms with E-state index in [0.717, 1.165) is 0 Å². The number of carbonyl (C=O) groups is 3. The van der Waals surface area contributed by atoms with Crippen molar-refractivity contribution in [3.05, 3.63) is 71.1 Å². The molecule has 192 valence electrons. The summed E-state index contributed by atoms with van der Waals surface area (Å²) in [7, 11) is 0. The van der Waals surface area contributed by atoms with Gasteiger partial charge in [0.25, 0.3) is 17.6 Å². The molecule has 0 aliphatic carbocycles. The van der Waals surface area contributed by atoms with E-state index in [1.165, 1.54) is 4.90 Å². The lowest BCUT2D eigenvalue weighted by molar-refractivity contribution is -0.132. The first kappa shape index (κ1) is 25.8. The second-order valence-electron chi connectivity index (χ2n) is 8.91. The molecule has 0 saturated carbocycles. The van der Waals surface area contributed by atoms with Crippen molar-refractivity contribution in [2.75, 3.05) is 11.4 Å². The fourth-order valence-electron chi connectivity index (χ4n) is 4.71. The summed E-state index contributed by atoms with van der Waals surface area (Å²) in [4.78, 5) is 44.4. The highest BCUT2D eigenvalue weighted by atomic mass is 16.5. The van der Waals surface area contributed by atoms with Gasteiger partial charge in [0.15, 0.2) is 0 Å². The van der Waals surface area contributed by atoms with Crippen LogP contribution in [0.2, 0.25) is 0 Å². The van der Waals surface area contributed by atoms with Crippen LogP contribution in [0.5, 0.6) is 0 Å². The van der Waals surface area contributed by atoms with Crippen molar-refractivity contribution in [3.63, 3.8) is 0 Å². The van der Waals surface area contributed by atoms with E-state index in [1.54, 1.807) is 55.5 Å². The normalized spacial score (nSPS) is 17.0. The van der Waals surface area contributed by atoms with Crippen LogP contribution in [-0.4, -0.2) is 45.4 Å². The molecule has 0 bridgehead atoms. The summed E-state index contributed by atoms with van der Waals surface area (Å²) in [6.07, 6.45) is 1.40. The van der Waals surface area contributed by atoms with Crippen molar-refractivity contribution in [2.24, 2.45) is 5.92 Å². The van der Waals surface area contributed by atoms with E-state index in [4.69, 9.17) is 4.52 Å². The lowest BCUT2D eigenvalue weighted by atomic mass is 9.87. The number of hydrogen-bond donors (Lipinski definition) is 2. The number of aliphatic hydroxyl groups is 1. The van der Waals surface area contributed by atoms with E-state index < -0.39 is 17.7 Å². The maximum atomic E-state index is 13.3. The number of hydrogen-bond acceptors (Lipinski definition) is 7. The van der Waals surface area contributed by atoms with Gasteiger partial charge in [-0.05, 0) is 49.2 Å². The molecule has 0 spiro atoms. The molecule has 2 N–H and O–H groups in total. The van der Waals surface area contributed by atoms with E-state index in [0.29, 0.717) is 53.5 Å². The Kier molecular flexibility index (Phi) is 7.52. The number of Topliss-reactive ketones (excluding diaryl/α,β-unsaturated/α-hetero) is 1. The number of rotatable bonds is 8. The number of ketones is 1. The van der Waals surface area contributed by atoms with E-state index in [9.17, 15) is 19.5 Å². The molecule has 1 fully saturated rings. The molecule has 4 rings (SSSR count). The van der Waals surface area contributed by atoms with Crippen LogP contribution >= 0.6 is 0 Å². The summed E-state index contributed by atoms with van der Waals surface area (Å²) in [5.41, 5.74) is 2.12. The van der Waals surface area contributed by atoms with E-state index >= 15 is 0 Å². The Labute approximate surface area is 215 Å². The number of benzene rings is 2. The monoisotopic (exact) mass is 502 g/mol. The van der Waals surface area contributed by atoms with E-state index in [-0.39, 0.29) is 23.2 Å². The Morgan fingerprint density at radius 3 is 2.19 bits per heavy atom. The fraction of sp³-hybridized carbons (Fsp3) is 0.321. The molecule has 2 aromatic carbocycles. The molecule has 1 aliphatic heterocycles. The topological polar surface area (TPSA) is 126 Å². The maximum absolute atomic E-state index is 13.3. The second-order valence-corrected chi connectivity index (χ2v) is 8.91. The van der Waals surface area contributed by atoms with Gasteiger partial charge in [-0.2, -0.15) is 4.98 Å². The average molecular weight is 503 g/mol. The minimum absolute atomic E-state index is 0.0679. The molecule has 1 unspecified atom stereocenters. The molecule has 0 radical (unpaired) electrons. The zero-order chi connectivity index (χ0) is 26.7. The Balaban J connectivity index is 1.75. The quantitative estimate of drug-likeness (QED) is 0.264. The standard InChI is InChI=1S/C28H30N4O5/c1-5-17(6-2)23-22(24(33)18-8-10-20(11-9-18)27(35)29-7-3)25(34)28(36)32(23)21-14-12-19(13-15-21)26-30-16(4)37-31-26/h8-15,17,23,33H,5-7H2,1-4H3,(H,29,35)/b24-22-. The van der Waals surface area contributed by atoms with Gasteiger partial charge in [-0.15, -0.1) is 0 Å². The van der Waals surface area contributed by atoms with Gasteiger partial charge in [0.1, 0.15) is 5.76 Å². The lowest BCUT2D eigenvalue weighted by Gasteiger charge is -2.31. The zero-order valence-electron chi connectivity index (χ0n) is 21.3. The van der Waals surface area contributed by atoms with Crippen LogP contribution in [-0.2, 0) is 9.59 Å². The number of carbonyl (C=O) groups excluding carboxylic acids is 3. The minimum atomic E-state index is -0.736. The van der Waals surface area contributed by atoms with Crippen molar-refractivity contribution >= 4 is 29.0 Å². The van der Waals surface area contributed by atoms with Gasteiger partial charge in [0, 0.05) is 35.8 Å². The molecule has 9 heteroatoms. The predicted molar refractivity (Wildman–Crippen MR) is 139 cm³/mol. The Hall–Kier alpha value is -4.27. The van der Waals surface area contributed by atoms with E-state index in [1.807, 2.05) is 20.8 Å². The Morgan fingerprint density at radius 1 is 1.03 bits per heavy atom. The zero-order valence-corrected chi connectivity index (χ0v) is 21.3. The third-order valence-corrected chi connectivity index (χ3v) is 6.67. The maximum Gasteiger partial charge on any atom is 0.299 e. The SMILES string of the molecule is CCNC(=O)c1ccc(/C(O)=C2/C(=O)C(=O)N(c3ccc(-c4noc(C)n4)cc3)C2C(CC)CC)cc1. The highest BCUT2D eigenvalue weighted by Crippen LogP contribution is 2.39. The summed E-state index contributed by atoms with van der Waals surface area (Å²) in [5.74, 6) is -1.11. The molecular formula is C28H30N4O5. The molecule has 2 amide bonds. The van der Waals surface area contributed by atoms with Crippen molar-refractivity contribution in [1.82, 2.24) is 15.5 Å².